The second-order valence-electron chi connectivity index (χ2n) is 5.98. The third-order valence-electron chi connectivity index (χ3n) is 4.21. The van der Waals surface area contributed by atoms with Crippen molar-refractivity contribution in [1.82, 2.24) is 0 Å². The third kappa shape index (κ3) is 4.43. The van der Waals surface area contributed by atoms with Crippen LogP contribution in [0.2, 0.25) is 0 Å². The molecule has 0 heterocycles. The van der Waals surface area contributed by atoms with E-state index in [1.165, 1.54) is 36.4 Å². The average Bonchev–Trinajstić information content (AvgIpc) is 2.64. The molecule has 0 aliphatic rings. The minimum Gasteiger partial charge on any atom is -0.207 e. The molecule has 6 heteroatoms. The van der Waals surface area contributed by atoms with Gasteiger partial charge in [-0.15, -0.1) is 0 Å². The van der Waals surface area contributed by atoms with E-state index in [2.05, 4.69) is 0 Å². The van der Waals surface area contributed by atoms with Gasteiger partial charge in [-0.05, 0) is 71.2 Å². The lowest BCUT2D eigenvalue weighted by atomic mass is 9.90. The molecule has 2 nitrogen and oxygen atoms in total. The highest BCUT2D eigenvalue weighted by Gasteiger charge is 2.13. The Morgan fingerprint density at radius 3 is 1.44 bits per heavy atom. The molecule has 3 aromatic rings. The summed E-state index contributed by atoms with van der Waals surface area (Å²) in [5.74, 6) is -0.710. The summed E-state index contributed by atoms with van der Waals surface area (Å²) in [4.78, 5) is 0.00540. The van der Waals surface area contributed by atoms with Gasteiger partial charge in [0, 0.05) is 10.7 Å². The van der Waals surface area contributed by atoms with Crippen molar-refractivity contribution in [3.63, 3.8) is 0 Å². The Bertz CT molecular complexity index is 1040. The molecule has 0 fully saturated rings. The first kappa shape index (κ1) is 19.3. The molecule has 0 N–H and O–H groups in total. The zero-order chi connectivity index (χ0) is 19.6. The van der Waals surface area contributed by atoms with Gasteiger partial charge in [0.1, 0.15) is 11.6 Å². The van der Waals surface area contributed by atoms with Gasteiger partial charge in [-0.2, -0.15) is 0 Å². The molecule has 0 radical (unpaired) electrons. The molecule has 0 aliphatic heterocycles. The summed E-state index contributed by atoms with van der Waals surface area (Å²) in [6, 6.07) is 18.2. The molecule has 0 atom stereocenters. The fourth-order valence-electron chi connectivity index (χ4n) is 2.84. The van der Waals surface area contributed by atoms with Crippen molar-refractivity contribution in [2.75, 3.05) is 0 Å². The van der Waals surface area contributed by atoms with E-state index in [1.807, 2.05) is 6.92 Å². The molecule has 138 valence electrons. The van der Waals surface area contributed by atoms with Crippen molar-refractivity contribution in [3.05, 3.63) is 101 Å². The molecule has 0 aromatic heterocycles. The van der Waals surface area contributed by atoms with Gasteiger partial charge < -0.3 is 0 Å². The molecule has 0 saturated heterocycles. The highest BCUT2D eigenvalue weighted by Crippen LogP contribution is 2.33. The van der Waals surface area contributed by atoms with Gasteiger partial charge in [0.2, 0.25) is 0 Å². The predicted molar refractivity (Wildman–Crippen MR) is 104 cm³/mol. The van der Waals surface area contributed by atoms with E-state index in [1.54, 1.807) is 36.4 Å². The van der Waals surface area contributed by atoms with E-state index in [4.69, 9.17) is 10.7 Å². The first-order chi connectivity index (χ1) is 12.8. The lowest BCUT2D eigenvalue weighted by Gasteiger charge is -2.14. The molecule has 0 saturated carbocycles. The van der Waals surface area contributed by atoms with E-state index in [0.29, 0.717) is 0 Å². The molecule has 3 rings (SSSR count). The van der Waals surface area contributed by atoms with Gasteiger partial charge >= 0.3 is 0 Å². The minimum absolute atomic E-state index is 0.00540. The fourth-order valence-corrected chi connectivity index (χ4v) is 3.61. The third-order valence-corrected chi connectivity index (χ3v) is 5.58. The van der Waals surface area contributed by atoms with Crippen LogP contribution < -0.4 is 0 Å². The van der Waals surface area contributed by atoms with Crippen LogP contribution in [0.5, 0.6) is 0 Å². The molecular formula is C21H15ClF2O2S. The van der Waals surface area contributed by atoms with Gasteiger partial charge in [0.25, 0.3) is 9.05 Å². The zero-order valence-corrected chi connectivity index (χ0v) is 15.9. The van der Waals surface area contributed by atoms with Gasteiger partial charge in [0.05, 0.1) is 4.90 Å². The second-order valence-corrected chi connectivity index (χ2v) is 8.54. The van der Waals surface area contributed by atoms with Gasteiger partial charge in [-0.25, -0.2) is 17.2 Å². The van der Waals surface area contributed by atoms with E-state index < -0.39 is 9.05 Å². The highest BCUT2D eigenvalue weighted by atomic mass is 35.7. The van der Waals surface area contributed by atoms with Crippen LogP contribution in [0.25, 0.3) is 11.1 Å². The first-order valence-electron chi connectivity index (χ1n) is 8.03. The fraction of sp³-hybridized carbons (Fsp3) is 0.0476. The van der Waals surface area contributed by atoms with E-state index >= 15 is 0 Å². The van der Waals surface area contributed by atoms with E-state index in [9.17, 15) is 17.2 Å². The largest absolute Gasteiger partial charge is 0.261 e. The van der Waals surface area contributed by atoms with Gasteiger partial charge in [0.15, 0.2) is 0 Å². The van der Waals surface area contributed by atoms with Crippen LogP contribution in [-0.2, 0) is 9.05 Å². The predicted octanol–water partition coefficient (Wildman–Crippen LogP) is 5.87. The van der Waals surface area contributed by atoms with Gasteiger partial charge in [-0.1, -0.05) is 36.4 Å². The number of halogens is 3. The lowest BCUT2D eigenvalue weighted by molar-refractivity contribution is 0.609. The summed E-state index contributed by atoms with van der Waals surface area (Å²) in [5.41, 5.74) is 3.90. The Labute approximate surface area is 161 Å². The van der Waals surface area contributed by atoms with Crippen LogP contribution in [0, 0.1) is 11.6 Å². The van der Waals surface area contributed by atoms with Crippen molar-refractivity contribution >= 4 is 30.9 Å². The Morgan fingerprint density at radius 2 is 1.07 bits per heavy atom. The molecular weight excluding hydrogens is 390 g/mol. The Hall–Kier alpha value is -2.50. The lowest BCUT2D eigenvalue weighted by Crippen LogP contribution is -1.95. The van der Waals surface area contributed by atoms with Gasteiger partial charge in [-0.3, -0.25) is 0 Å². The van der Waals surface area contributed by atoms with Crippen LogP contribution >= 0.6 is 10.7 Å². The summed E-state index contributed by atoms with van der Waals surface area (Å²) >= 11 is 0. The zero-order valence-electron chi connectivity index (χ0n) is 14.3. The summed E-state index contributed by atoms with van der Waals surface area (Å²) in [6.45, 7) is 1.87. The van der Waals surface area contributed by atoms with Crippen LogP contribution in [0.15, 0.2) is 77.7 Å². The minimum atomic E-state index is -3.81. The monoisotopic (exact) mass is 404 g/mol. The molecule has 0 spiro atoms. The molecule has 0 amide bonds. The SMILES string of the molecule is CC(=C(c1ccc(F)cc1)c1ccc(F)cc1)c1ccc(S(=O)(=O)Cl)cc1. The number of hydrogen-bond donors (Lipinski definition) is 0. The average molecular weight is 405 g/mol. The van der Waals surface area contributed by atoms with E-state index in [0.717, 1.165) is 27.8 Å². The van der Waals surface area contributed by atoms with Crippen molar-refractivity contribution in [1.29, 1.82) is 0 Å². The standard InChI is InChI=1S/C21H15ClF2O2S/c1-14(15-6-12-20(13-7-15)27(22,25)26)21(16-2-8-18(23)9-3-16)17-4-10-19(24)11-5-17/h2-13H,1H3. The maximum absolute atomic E-state index is 13.4. The topological polar surface area (TPSA) is 34.1 Å². The number of benzene rings is 3. The molecule has 3 aromatic carbocycles. The van der Waals surface area contributed by atoms with Crippen molar-refractivity contribution in [2.24, 2.45) is 0 Å². The van der Waals surface area contributed by atoms with Crippen LogP contribution in [0.4, 0.5) is 8.78 Å². The van der Waals surface area contributed by atoms with Crippen molar-refractivity contribution < 1.29 is 17.2 Å². The summed E-state index contributed by atoms with van der Waals surface area (Å²) in [6.07, 6.45) is 0. The quantitative estimate of drug-likeness (QED) is 0.402. The molecule has 0 aliphatic carbocycles. The summed E-state index contributed by atoms with van der Waals surface area (Å²) in [5, 5.41) is 0. The summed E-state index contributed by atoms with van der Waals surface area (Å²) in [7, 11) is 1.56. The van der Waals surface area contributed by atoms with Crippen LogP contribution in [-0.4, -0.2) is 8.42 Å². The van der Waals surface area contributed by atoms with Crippen LogP contribution in [0.1, 0.15) is 23.6 Å². The maximum atomic E-state index is 13.4. The van der Waals surface area contributed by atoms with Crippen molar-refractivity contribution in [3.8, 4) is 0 Å². The normalized spacial score (nSPS) is 11.3. The Kier molecular flexibility index (Phi) is 5.44. The smallest absolute Gasteiger partial charge is 0.207 e. The number of hydrogen-bond acceptors (Lipinski definition) is 2. The number of allylic oxidation sites excluding steroid dienone is 1. The highest BCUT2D eigenvalue weighted by molar-refractivity contribution is 8.13. The van der Waals surface area contributed by atoms with Crippen LogP contribution in [0.3, 0.4) is 0 Å². The first-order valence-corrected chi connectivity index (χ1v) is 10.3. The molecule has 0 unspecified atom stereocenters. The maximum Gasteiger partial charge on any atom is 0.261 e. The Balaban J connectivity index is 2.18. The summed E-state index contributed by atoms with van der Waals surface area (Å²) < 4.78 is 49.6. The second kappa shape index (κ2) is 7.62. The molecule has 27 heavy (non-hydrogen) atoms. The van der Waals surface area contributed by atoms with E-state index in [-0.39, 0.29) is 16.5 Å². The number of rotatable bonds is 4. The Morgan fingerprint density at radius 1 is 0.704 bits per heavy atom. The molecule has 0 bridgehead atoms. The van der Waals surface area contributed by atoms with Crippen molar-refractivity contribution in [2.45, 2.75) is 11.8 Å².